The van der Waals surface area contributed by atoms with E-state index in [0.717, 1.165) is 23.5 Å². The Bertz CT molecular complexity index is 514. The first-order chi connectivity index (χ1) is 9.28. The van der Waals surface area contributed by atoms with Gasteiger partial charge in [-0.3, -0.25) is 0 Å². The Morgan fingerprint density at radius 2 is 1.95 bits per heavy atom. The molecular weight excluding hydrogens is 258 g/mol. The summed E-state index contributed by atoms with van der Waals surface area (Å²) in [5.74, 6) is 1.48. The lowest BCUT2D eigenvalue weighted by molar-refractivity contribution is 0.284. The van der Waals surface area contributed by atoms with E-state index in [1.807, 2.05) is 18.2 Å². The van der Waals surface area contributed by atoms with Crippen LogP contribution in [0.4, 0.5) is 0 Å². The molecule has 2 rings (SSSR count). The Morgan fingerprint density at radius 3 is 2.58 bits per heavy atom. The summed E-state index contributed by atoms with van der Waals surface area (Å²) >= 11 is 1.78. The van der Waals surface area contributed by atoms with E-state index in [-0.39, 0.29) is 0 Å². The Morgan fingerprint density at radius 1 is 1.16 bits per heavy atom. The quantitative estimate of drug-likeness (QED) is 0.880. The number of thiophene rings is 1. The molecule has 2 N–H and O–H groups in total. The van der Waals surface area contributed by atoms with Gasteiger partial charge in [-0.05, 0) is 24.6 Å². The zero-order chi connectivity index (χ0) is 13.7. The third-order valence-electron chi connectivity index (χ3n) is 2.92. The fourth-order valence-corrected chi connectivity index (χ4v) is 2.75. The number of para-hydroxylation sites is 1. The second-order valence-corrected chi connectivity index (χ2v) is 5.42. The van der Waals surface area contributed by atoms with Crippen molar-refractivity contribution >= 4 is 11.3 Å². The van der Waals surface area contributed by atoms with Crippen LogP contribution in [-0.2, 0) is 19.6 Å². The maximum absolute atomic E-state index is 5.90. The van der Waals surface area contributed by atoms with Crippen LogP contribution in [0.1, 0.15) is 22.2 Å². The minimum absolute atomic E-state index is 0.442. The predicted octanol–water partition coefficient (Wildman–Crippen LogP) is 3.36. The number of nitrogens with two attached hydrogens (primary N) is 1. The van der Waals surface area contributed by atoms with Crippen molar-refractivity contribution in [2.75, 3.05) is 7.11 Å². The fraction of sp³-hybridized carbons (Fsp3) is 0.333. The second-order valence-electron chi connectivity index (χ2n) is 4.16. The lowest BCUT2D eigenvalue weighted by atomic mass is 10.2. The molecule has 0 unspecified atom stereocenters. The van der Waals surface area contributed by atoms with E-state index < -0.39 is 0 Å². The first kappa shape index (κ1) is 13.9. The summed E-state index contributed by atoms with van der Waals surface area (Å²) in [5, 5.41) is 0. The van der Waals surface area contributed by atoms with E-state index in [9.17, 15) is 0 Å². The van der Waals surface area contributed by atoms with Crippen molar-refractivity contribution < 1.29 is 9.47 Å². The Hall–Kier alpha value is -1.52. The van der Waals surface area contributed by atoms with Gasteiger partial charge in [-0.15, -0.1) is 11.3 Å². The first-order valence-electron chi connectivity index (χ1n) is 6.34. The number of ether oxygens (including phenoxy) is 2. The summed E-state index contributed by atoms with van der Waals surface area (Å²) in [5.41, 5.74) is 6.70. The standard InChI is InChI=1S/C15H19NO2S/c1-3-12-7-8-13(19-12)10-18-15-11(9-16)5-4-6-14(15)17-2/h4-8H,3,9-10,16H2,1-2H3. The number of benzene rings is 1. The lowest BCUT2D eigenvalue weighted by Crippen LogP contribution is -2.03. The maximum atomic E-state index is 5.90. The fourth-order valence-electron chi connectivity index (χ4n) is 1.88. The lowest BCUT2D eigenvalue weighted by Gasteiger charge is -2.13. The third-order valence-corrected chi connectivity index (χ3v) is 4.13. The van der Waals surface area contributed by atoms with Gasteiger partial charge in [0.1, 0.15) is 6.61 Å². The molecule has 0 fully saturated rings. The molecule has 0 saturated carbocycles. The molecule has 0 bridgehead atoms. The highest BCUT2D eigenvalue weighted by Gasteiger charge is 2.10. The van der Waals surface area contributed by atoms with Crippen LogP contribution in [0, 0.1) is 0 Å². The van der Waals surface area contributed by atoms with E-state index in [1.54, 1.807) is 18.4 Å². The number of methoxy groups -OCH3 is 1. The van der Waals surface area contributed by atoms with E-state index in [2.05, 4.69) is 19.1 Å². The average molecular weight is 277 g/mol. The second kappa shape index (κ2) is 6.59. The van der Waals surface area contributed by atoms with Crippen LogP contribution in [0.2, 0.25) is 0 Å². The molecule has 1 aromatic heterocycles. The van der Waals surface area contributed by atoms with Crippen LogP contribution >= 0.6 is 11.3 Å². The maximum Gasteiger partial charge on any atom is 0.166 e. The minimum Gasteiger partial charge on any atom is -0.493 e. The molecule has 102 valence electrons. The van der Waals surface area contributed by atoms with Crippen molar-refractivity contribution in [3.63, 3.8) is 0 Å². The molecular formula is C15H19NO2S. The largest absolute Gasteiger partial charge is 0.493 e. The predicted molar refractivity (Wildman–Crippen MR) is 78.9 cm³/mol. The average Bonchev–Trinajstić information content (AvgIpc) is 2.92. The molecule has 0 spiro atoms. The summed E-state index contributed by atoms with van der Waals surface area (Å²) in [6, 6.07) is 10.0. The van der Waals surface area contributed by atoms with E-state index in [4.69, 9.17) is 15.2 Å². The Balaban J connectivity index is 2.13. The van der Waals surface area contributed by atoms with Crippen LogP contribution in [-0.4, -0.2) is 7.11 Å². The van der Waals surface area contributed by atoms with Gasteiger partial charge in [0.15, 0.2) is 11.5 Å². The molecule has 0 amide bonds. The summed E-state index contributed by atoms with van der Waals surface area (Å²) < 4.78 is 11.2. The molecule has 0 aliphatic rings. The summed E-state index contributed by atoms with van der Waals surface area (Å²) in [6.45, 7) is 3.15. The molecule has 0 atom stereocenters. The topological polar surface area (TPSA) is 44.5 Å². The molecule has 19 heavy (non-hydrogen) atoms. The van der Waals surface area contributed by atoms with Crippen LogP contribution < -0.4 is 15.2 Å². The third kappa shape index (κ3) is 3.28. The summed E-state index contributed by atoms with van der Waals surface area (Å²) in [7, 11) is 1.64. The van der Waals surface area contributed by atoms with Crippen molar-refractivity contribution in [2.24, 2.45) is 5.73 Å². The van der Waals surface area contributed by atoms with E-state index in [0.29, 0.717) is 13.2 Å². The molecule has 4 heteroatoms. The SMILES string of the molecule is CCc1ccc(COc2c(CN)cccc2OC)s1. The molecule has 1 aromatic carbocycles. The van der Waals surface area contributed by atoms with Gasteiger partial charge in [0.2, 0.25) is 0 Å². The van der Waals surface area contributed by atoms with Crippen LogP contribution in [0.25, 0.3) is 0 Å². The van der Waals surface area contributed by atoms with E-state index in [1.165, 1.54) is 9.75 Å². The molecule has 3 nitrogen and oxygen atoms in total. The molecule has 0 radical (unpaired) electrons. The number of hydrogen-bond acceptors (Lipinski definition) is 4. The van der Waals surface area contributed by atoms with Crippen LogP contribution in [0.15, 0.2) is 30.3 Å². The monoisotopic (exact) mass is 277 g/mol. The Kier molecular flexibility index (Phi) is 4.82. The van der Waals surface area contributed by atoms with Crippen molar-refractivity contribution in [2.45, 2.75) is 26.5 Å². The number of aryl methyl sites for hydroxylation is 1. The number of hydrogen-bond donors (Lipinski definition) is 1. The molecule has 0 saturated heterocycles. The van der Waals surface area contributed by atoms with Crippen LogP contribution in [0.3, 0.4) is 0 Å². The van der Waals surface area contributed by atoms with Crippen LogP contribution in [0.5, 0.6) is 11.5 Å². The highest BCUT2D eigenvalue weighted by molar-refractivity contribution is 7.11. The zero-order valence-electron chi connectivity index (χ0n) is 11.3. The van der Waals surface area contributed by atoms with Gasteiger partial charge < -0.3 is 15.2 Å². The van der Waals surface area contributed by atoms with Gasteiger partial charge in [-0.2, -0.15) is 0 Å². The van der Waals surface area contributed by atoms with Crippen molar-refractivity contribution in [1.29, 1.82) is 0 Å². The molecule has 2 aromatic rings. The zero-order valence-corrected chi connectivity index (χ0v) is 12.1. The van der Waals surface area contributed by atoms with Gasteiger partial charge in [-0.1, -0.05) is 19.1 Å². The van der Waals surface area contributed by atoms with Gasteiger partial charge in [0.25, 0.3) is 0 Å². The Labute approximate surface area is 118 Å². The summed E-state index contributed by atoms with van der Waals surface area (Å²) in [6.07, 6.45) is 1.06. The van der Waals surface area contributed by atoms with Gasteiger partial charge >= 0.3 is 0 Å². The molecule has 1 heterocycles. The van der Waals surface area contributed by atoms with Gasteiger partial charge in [0, 0.05) is 21.9 Å². The smallest absolute Gasteiger partial charge is 0.166 e. The molecule has 0 aliphatic heterocycles. The van der Waals surface area contributed by atoms with Crippen molar-refractivity contribution in [1.82, 2.24) is 0 Å². The normalized spacial score (nSPS) is 10.5. The summed E-state index contributed by atoms with van der Waals surface area (Å²) in [4.78, 5) is 2.59. The highest BCUT2D eigenvalue weighted by Crippen LogP contribution is 2.32. The van der Waals surface area contributed by atoms with Gasteiger partial charge in [-0.25, -0.2) is 0 Å². The van der Waals surface area contributed by atoms with Crippen molar-refractivity contribution in [3.05, 3.63) is 45.6 Å². The minimum atomic E-state index is 0.442. The number of rotatable bonds is 6. The first-order valence-corrected chi connectivity index (χ1v) is 7.16. The van der Waals surface area contributed by atoms with Crippen molar-refractivity contribution in [3.8, 4) is 11.5 Å². The molecule has 0 aliphatic carbocycles. The van der Waals surface area contributed by atoms with Gasteiger partial charge in [0.05, 0.1) is 7.11 Å². The van der Waals surface area contributed by atoms with E-state index >= 15 is 0 Å². The highest BCUT2D eigenvalue weighted by atomic mass is 32.1.